The minimum Gasteiger partial charge on any atom is -0.494 e. The number of amides is 1. The number of carbonyl (C=O) groups excluding carboxylic acids is 1. The normalized spacial score (nSPS) is 10.5. The summed E-state index contributed by atoms with van der Waals surface area (Å²) in [5, 5.41) is 2.88. The second kappa shape index (κ2) is 8.53. The summed E-state index contributed by atoms with van der Waals surface area (Å²) in [6.07, 6.45) is 2.26. The molecule has 1 aromatic rings. The van der Waals surface area contributed by atoms with E-state index in [-0.39, 0.29) is 5.91 Å². The van der Waals surface area contributed by atoms with Gasteiger partial charge in [-0.2, -0.15) is 0 Å². The molecule has 4 heteroatoms. The Hall–Kier alpha value is -1.55. The minimum atomic E-state index is 0.0164. The van der Waals surface area contributed by atoms with Crippen molar-refractivity contribution in [3.63, 3.8) is 0 Å². The summed E-state index contributed by atoms with van der Waals surface area (Å²) in [5.41, 5.74) is 0.803. The first-order chi connectivity index (χ1) is 9.15. The molecule has 1 aromatic carbocycles. The number of rotatable bonds is 8. The van der Waals surface area contributed by atoms with E-state index in [9.17, 15) is 4.79 Å². The molecule has 0 atom stereocenters. The zero-order valence-corrected chi connectivity index (χ0v) is 12.1. The highest BCUT2D eigenvalue weighted by atomic mass is 16.5. The molecule has 0 bridgehead atoms. The van der Waals surface area contributed by atoms with E-state index in [2.05, 4.69) is 12.2 Å². The first kappa shape index (κ1) is 15.5. The third-order valence-corrected chi connectivity index (χ3v) is 2.76. The monoisotopic (exact) mass is 264 g/mol. The lowest BCUT2D eigenvalue weighted by Crippen LogP contribution is -2.30. The molecule has 4 nitrogen and oxygen atoms in total. The predicted molar refractivity (Wildman–Crippen MR) is 78.6 cm³/mol. The van der Waals surface area contributed by atoms with Gasteiger partial charge in [0.1, 0.15) is 5.75 Å². The van der Waals surface area contributed by atoms with Gasteiger partial charge in [-0.15, -0.1) is 0 Å². The molecule has 0 aliphatic rings. The van der Waals surface area contributed by atoms with Gasteiger partial charge >= 0.3 is 0 Å². The highest BCUT2D eigenvalue weighted by molar-refractivity contribution is 5.92. The van der Waals surface area contributed by atoms with Crippen LogP contribution in [-0.4, -0.2) is 37.6 Å². The quantitative estimate of drug-likeness (QED) is 0.785. The molecule has 19 heavy (non-hydrogen) atoms. The molecule has 0 fully saturated rings. The van der Waals surface area contributed by atoms with Gasteiger partial charge in [0.15, 0.2) is 0 Å². The fraction of sp³-hybridized carbons (Fsp3) is 0.533. The van der Waals surface area contributed by atoms with E-state index in [4.69, 9.17) is 4.74 Å². The van der Waals surface area contributed by atoms with Crippen molar-refractivity contribution in [3.8, 4) is 5.75 Å². The molecule has 0 heterocycles. The summed E-state index contributed by atoms with van der Waals surface area (Å²) in [5.74, 6) is 0.836. The van der Waals surface area contributed by atoms with Gasteiger partial charge in [0.25, 0.3) is 0 Å². The van der Waals surface area contributed by atoms with Crippen molar-refractivity contribution < 1.29 is 9.53 Å². The molecule has 106 valence electrons. The number of likely N-dealkylation sites (N-methyl/N-ethyl adjacent to an activating group) is 1. The average molecular weight is 264 g/mol. The number of nitrogens with zero attached hydrogens (tertiary/aromatic N) is 1. The molecule has 0 unspecified atom stereocenters. The van der Waals surface area contributed by atoms with Gasteiger partial charge in [-0.3, -0.25) is 9.69 Å². The van der Waals surface area contributed by atoms with Gasteiger partial charge in [-0.05, 0) is 51.2 Å². The van der Waals surface area contributed by atoms with E-state index in [1.807, 2.05) is 43.1 Å². The Labute approximate surface area is 115 Å². The number of hydrogen-bond acceptors (Lipinski definition) is 3. The van der Waals surface area contributed by atoms with Crippen LogP contribution in [0.1, 0.15) is 26.7 Å². The van der Waals surface area contributed by atoms with Gasteiger partial charge in [0.2, 0.25) is 5.91 Å². The Morgan fingerprint density at radius 1 is 1.26 bits per heavy atom. The highest BCUT2D eigenvalue weighted by Crippen LogP contribution is 2.15. The van der Waals surface area contributed by atoms with Gasteiger partial charge in [-0.1, -0.05) is 13.3 Å². The van der Waals surface area contributed by atoms with Crippen LogP contribution in [0.2, 0.25) is 0 Å². The molecule has 1 amide bonds. The Bertz CT molecular complexity index is 376. The maximum Gasteiger partial charge on any atom is 0.238 e. The summed E-state index contributed by atoms with van der Waals surface area (Å²) in [7, 11) is 1.97. The Balaban J connectivity index is 2.39. The number of benzene rings is 1. The first-order valence-electron chi connectivity index (χ1n) is 6.87. The van der Waals surface area contributed by atoms with Gasteiger partial charge in [0.05, 0.1) is 13.2 Å². The second-order valence-corrected chi connectivity index (χ2v) is 4.60. The SMILES string of the molecule is CCCCN(C)CC(=O)Nc1ccc(OCC)cc1. The number of anilines is 1. The summed E-state index contributed by atoms with van der Waals surface area (Å²) >= 11 is 0. The lowest BCUT2D eigenvalue weighted by molar-refractivity contribution is -0.117. The van der Waals surface area contributed by atoms with Crippen LogP contribution < -0.4 is 10.1 Å². The summed E-state index contributed by atoms with van der Waals surface area (Å²) in [4.78, 5) is 13.8. The summed E-state index contributed by atoms with van der Waals surface area (Å²) in [6, 6.07) is 7.43. The number of hydrogen-bond donors (Lipinski definition) is 1. The van der Waals surface area contributed by atoms with Crippen molar-refractivity contribution in [1.82, 2.24) is 4.90 Å². The fourth-order valence-corrected chi connectivity index (χ4v) is 1.75. The summed E-state index contributed by atoms with van der Waals surface area (Å²) < 4.78 is 5.35. The van der Waals surface area contributed by atoms with Gasteiger partial charge < -0.3 is 10.1 Å². The molecule has 0 aliphatic carbocycles. The predicted octanol–water partition coefficient (Wildman–Crippen LogP) is 2.76. The molecule has 0 aliphatic heterocycles. The van der Waals surface area contributed by atoms with Gasteiger partial charge in [0, 0.05) is 5.69 Å². The molecule has 0 aromatic heterocycles. The maximum absolute atomic E-state index is 11.8. The largest absolute Gasteiger partial charge is 0.494 e. The fourth-order valence-electron chi connectivity index (χ4n) is 1.75. The second-order valence-electron chi connectivity index (χ2n) is 4.60. The smallest absolute Gasteiger partial charge is 0.238 e. The van der Waals surface area contributed by atoms with Crippen molar-refractivity contribution in [2.24, 2.45) is 0 Å². The van der Waals surface area contributed by atoms with E-state index in [0.717, 1.165) is 30.8 Å². The molecule has 0 saturated carbocycles. The highest BCUT2D eigenvalue weighted by Gasteiger charge is 2.06. The topological polar surface area (TPSA) is 41.6 Å². The number of carbonyl (C=O) groups is 1. The van der Waals surface area contributed by atoms with Crippen molar-refractivity contribution in [2.75, 3.05) is 32.1 Å². The third kappa shape index (κ3) is 6.25. The van der Waals surface area contributed by atoms with Crippen LogP contribution in [0.15, 0.2) is 24.3 Å². The van der Waals surface area contributed by atoms with Crippen molar-refractivity contribution in [1.29, 1.82) is 0 Å². The zero-order chi connectivity index (χ0) is 14.1. The van der Waals surface area contributed by atoms with Crippen LogP contribution in [0.5, 0.6) is 5.75 Å². The number of ether oxygens (including phenoxy) is 1. The van der Waals surface area contributed by atoms with Crippen LogP contribution in [0.3, 0.4) is 0 Å². The lowest BCUT2D eigenvalue weighted by atomic mass is 10.3. The minimum absolute atomic E-state index is 0.0164. The molecule has 0 saturated heterocycles. The molecule has 1 N–H and O–H groups in total. The van der Waals surface area contributed by atoms with Crippen LogP contribution in [0.4, 0.5) is 5.69 Å². The molecular weight excluding hydrogens is 240 g/mol. The molecule has 1 rings (SSSR count). The number of unbranched alkanes of at least 4 members (excludes halogenated alkanes) is 1. The Morgan fingerprint density at radius 2 is 1.95 bits per heavy atom. The van der Waals surface area contributed by atoms with Gasteiger partial charge in [-0.25, -0.2) is 0 Å². The van der Waals surface area contributed by atoms with E-state index in [1.165, 1.54) is 0 Å². The van der Waals surface area contributed by atoms with Crippen molar-refractivity contribution in [3.05, 3.63) is 24.3 Å². The first-order valence-corrected chi connectivity index (χ1v) is 6.87. The zero-order valence-electron chi connectivity index (χ0n) is 12.1. The van der Waals surface area contributed by atoms with Crippen LogP contribution >= 0.6 is 0 Å². The molecular formula is C15H24N2O2. The van der Waals surface area contributed by atoms with Crippen molar-refractivity contribution in [2.45, 2.75) is 26.7 Å². The van der Waals surface area contributed by atoms with Crippen LogP contribution in [0.25, 0.3) is 0 Å². The third-order valence-electron chi connectivity index (χ3n) is 2.76. The Morgan fingerprint density at radius 3 is 2.53 bits per heavy atom. The van der Waals surface area contributed by atoms with E-state index >= 15 is 0 Å². The van der Waals surface area contributed by atoms with Crippen LogP contribution in [0, 0.1) is 0 Å². The average Bonchev–Trinajstić information content (AvgIpc) is 2.39. The van der Waals surface area contributed by atoms with E-state index in [0.29, 0.717) is 13.2 Å². The van der Waals surface area contributed by atoms with Crippen LogP contribution in [-0.2, 0) is 4.79 Å². The lowest BCUT2D eigenvalue weighted by Gasteiger charge is -2.15. The molecule has 0 spiro atoms. The molecule has 0 radical (unpaired) electrons. The number of nitrogens with one attached hydrogen (secondary N) is 1. The maximum atomic E-state index is 11.8. The Kier molecular flexibility index (Phi) is 6.97. The standard InChI is InChI=1S/C15H24N2O2/c1-4-6-11-17(3)12-15(18)16-13-7-9-14(10-8-13)19-5-2/h7-10H,4-6,11-12H2,1-3H3,(H,16,18). The van der Waals surface area contributed by atoms with E-state index < -0.39 is 0 Å². The van der Waals surface area contributed by atoms with Crippen molar-refractivity contribution >= 4 is 11.6 Å². The van der Waals surface area contributed by atoms with E-state index in [1.54, 1.807) is 0 Å². The summed E-state index contributed by atoms with van der Waals surface area (Å²) in [6.45, 7) is 6.12.